The predicted octanol–water partition coefficient (Wildman–Crippen LogP) is 5.39. The number of ether oxygens (including phenoxy) is 2. The minimum atomic E-state index is -0.313. The normalized spacial score (nSPS) is 13.3. The number of nitrogens with zero attached hydrogens (tertiary/aromatic N) is 2. The first kappa shape index (κ1) is 25.7. The highest BCUT2D eigenvalue weighted by atomic mass is 35.5. The molecule has 4 rings (SSSR count). The van der Waals surface area contributed by atoms with E-state index in [9.17, 15) is 9.18 Å². The lowest BCUT2D eigenvalue weighted by atomic mass is 10.1. The van der Waals surface area contributed by atoms with E-state index in [0.29, 0.717) is 65.7 Å². The van der Waals surface area contributed by atoms with Gasteiger partial charge in [-0.05, 0) is 55.5 Å². The van der Waals surface area contributed by atoms with E-state index in [1.165, 1.54) is 6.07 Å². The first-order valence-corrected chi connectivity index (χ1v) is 12.5. The van der Waals surface area contributed by atoms with Crippen molar-refractivity contribution in [3.8, 4) is 11.5 Å². The van der Waals surface area contributed by atoms with Crippen molar-refractivity contribution < 1.29 is 18.7 Å². The molecule has 0 saturated carbocycles. The SMILES string of the molecule is CCOc1cc(C(=S)N2CCN(c3ccccc3F)CC2)ccc1OCC(=O)Nc1cccc(Cl)c1. The molecule has 6 nitrogen and oxygen atoms in total. The number of piperazine rings is 1. The summed E-state index contributed by atoms with van der Waals surface area (Å²) in [6, 6.07) is 19.2. The molecule has 0 bridgehead atoms. The van der Waals surface area contributed by atoms with Crippen LogP contribution in [0.4, 0.5) is 15.8 Å². The highest BCUT2D eigenvalue weighted by Crippen LogP contribution is 2.30. The monoisotopic (exact) mass is 527 g/mol. The van der Waals surface area contributed by atoms with Crippen LogP contribution in [-0.2, 0) is 4.79 Å². The third kappa shape index (κ3) is 6.44. The smallest absolute Gasteiger partial charge is 0.262 e. The van der Waals surface area contributed by atoms with Crippen molar-refractivity contribution >= 4 is 46.1 Å². The Labute approximate surface area is 220 Å². The number of rotatable bonds is 8. The van der Waals surface area contributed by atoms with Gasteiger partial charge in [0.15, 0.2) is 18.1 Å². The molecule has 1 fully saturated rings. The molecule has 0 radical (unpaired) electrons. The minimum Gasteiger partial charge on any atom is -0.490 e. The molecule has 0 unspecified atom stereocenters. The van der Waals surface area contributed by atoms with Gasteiger partial charge < -0.3 is 24.6 Å². The number of amides is 1. The van der Waals surface area contributed by atoms with Gasteiger partial charge in [0, 0.05) is 42.5 Å². The Balaban J connectivity index is 1.37. The molecule has 1 N–H and O–H groups in total. The van der Waals surface area contributed by atoms with Crippen LogP contribution in [0, 0.1) is 5.82 Å². The second-order valence-electron chi connectivity index (χ2n) is 8.17. The van der Waals surface area contributed by atoms with Crippen molar-refractivity contribution in [2.45, 2.75) is 6.92 Å². The molecule has 0 spiro atoms. The summed E-state index contributed by atoms with van der Waals surface area (Å²) in [5.74, 6) is 0.436. The molecule has 36 heavy (non-hydrogen) atoms. The number of carbonyl (C=O) groups is 1. The zero-order chi connectivity index (χ0) is 25.5. The van der Waals surface area contributed by atoms with Gasteiger partial charge in [-0.15, -0.1) is 0 Å². The number of thiocarbonyl (C=S) groups is 1. The first-order valence-electron chi connectivity index (χ1n) is 11.7. The summed E-state index contributed by atoms with van der Waals surface area (Å²) in [7, 11) is 0. The molecular formula is C27H27ClFN3O3S. The Hall–Kier alpha value is -3.36. The standard InChI is InChI=1S/C27H27ClFN3O3S/c1-2-34-25-16-19(10-11-24(25)35-18-26(33)30-21-7-5-6-20(28)17-21)27(36)32-14-12-31(13-15-32)23-9-4-3-8-22(23)29/h3-11,16-17H,2,12-15,18H2,1H3,(H,30,33). The van der Waals surface area contributed by atoms with Crippen LogP contribution in [0.5, 0.6) is 11.5 Å². The fourth-order valence-corrected chi connectivity index (χ4v) is 4.48. The van der Waals surface area contributed by atoms with Crippen molar-refractivity contribution in [1.29, 1.82) is 0 Å². The van der Waals surface area contributed by atoms with Crippen LogP contribution in [0.3, 0.4) is 0 Å². The van der Waals surface area contributed by atoms with Gasteiger partial charge in [0.1, 0.15) is 10.8 Å². The molecule has 188 valence electrons. The quantitative estimate of drug-likeness (QED) is 0.396. The average Bonchev–Trinajstić information content (AvgIpc) is 2.88. The van der Waals surface area contributed by atoms with Crippen LogP contribution < -0.4 is 19.7 Å². The van der Waals surface area contributed by atoms with E-state index in [4.69, 9.17) is 33.3 Å². The molecule has 0 atom stereocenters. The van der Waals surface area contributed by atoms with Crippen molar-refractivity contribution in [3.05, 3.63) is 83.1 Å². The minimum absolute atomic E-state index is 0.186. The van der Waals surface area contributed by atoms with E-state index in [-0.39, 0.29) is 18.3 Å². The van der Waals surface area contributed by atoms with Gasteiger partial charge in [-0.2, -0.15) is 0 Å². The van der Waals surface area contributed by atoms with Crippen LogP contribution in [0.25, 0.3) is 0 Å². The summed E-state index contributed by atoms with van der Waals surface area (Å²) in [5.41, 5.74) is 2.03. The summed E-state index contributed by atoms with van der Waals surface area (Å²) in [4.78, 5) is 17.2. The van der Waals surface area contributed by atoms with Crippen molar-refractivity contribution in [3.63, 3.8) is 0 Å². The molecule has 1 aliphatic rings. The fraction of sp³-hybridized carbons (Fsp3) is 0.259. The zero-order valence-electron chi connectivity index (χ0n) is 19.9. The molecule has 3 aromatic carbocycles. The van der Waals surface area contributed by atoms with Crippen LogP contribution in [0.2, 0.25) is 5.02 Å². The third-order valence-corrected chi connectivity index (χ3v) is 6.45. The van der Waals surface area contributed by atoms with E-state index in [1.54, 1.807) is 42.5 Å². The largest absolute Gasteiger partial charge is 0.490 e. The number of hydrogen-bond donors (Lipinski definition) is 1. The molecular weight excluding hydrogens is 501 g/mol. The topological polar surface area (TPSA) is 54.0 Å². The van der Waals surface area contributed by atoms with Crippen LogP contribution in [0.1, 0.15) is 12.5 Å². The summed E-state index contributed by atoms with van der Waals surface area (Å²) in [5, 5.41) is 3.29. The van der Waals surface area contributed by atoms with Crippen LogP contribution in [-0.4, -0.2) is 55.2 Å². The Morgan fingerprint density at radius 1 is 1.00 bits per heavy atom. The lowest BCUT2D eigenvalue weighted by Crippen LogP contribution is -2.48. The Morgan fingerprint density at radius 2 is 1.78 bits per heavy atom. The number of para-hydroxylation sites is 1. The lowest BCUT2D eigenvalue weighted by molar-refractivity contribution is -0.118. The number of carbonyl (C=O) groups excluding carboxylic acids is 1. The molecule has 1 heterocycles. The number of hydrogen-bond acceptors (Lipinski definition) is 5. The Morgan fingerprint density at radius 3 is 2.50 bits per heavy atom. The van der Waals surface area contributed by atoms with Crippen molar-refractivity contribution in [2.75, 3.05) is 49.6 Å². The molecule has 0 aliphatic carbocycles. The van der Waals surface area contributed by atoms with Gasteiger partial charge in [-0.3, -0.25) is 4.79 Å². The molecule has 3 aromatic rings. The van der Waals surface area contributed by atoms with E-state index >= 15 is 0 Å². The van der Waals surface area contributed by atoms with Crippen molar-refractivity contribution in [2.24, 2.45) is 0 Å². The second-order valence-corrected chi connectivity index (χ2v) is 9.00. The number of anilines is 2. The number of benzene rings is 3. The van der Waals surface area contributed by atoms with Gasteiger partial charge in [0.2, 0.25) is 0 Å². The summed E-state index contributed by atoms with van der Waals surface area (Å²) < 4.78 is 25.7. The van der Waals surface area contributed by atoms with Crippen molar-refractivity contribution in [1.82, 2.24) is 4.90 Å². The first-order chi connectivity index (χ1) is 17.4. The van der Waals surface area contributed by atoms with Crippen LogP contribution in [0.15, 0.2) is 66.7 Å². The summed E-state index contributed by atoms with van der Waals surface area (Å²) >= 11 is 11.7. The lowest BCUT2D eigenvalue weighted by Gasteiger charge is -2.37. The van der Waals surface area contributed by atoms with Gasteiger partial charge in [0.05, 0.1) is 12.3 Å². The maximum atomic E-state index is 14.2. The van der Waals surface area contributed by atoms with Gasteiger partial charge in [0.25, 0.3) is 5.91 Å². The van der Waals surface area contributed by atoms with Gasteiger partial charge >= 0.3 is 0 Å². The number of halogens is 2. The predicted molar refractivity (Wildman–Crippen MR) is 145 cm³/mol. The molecule has 1 aliphatic heterocycles. The van der Waals surface area contributed by atoms with Crippen LogP contribution >= 0.6 is 23.8 Å². The fourth-order valence-electron chi connectivity index (χ4n) is 3.98. The van der Waals surface area contributed by atoms with E-state index in [1.807, 2.05) is 30.0 Å². The number of nitrogens with one attached hydrogen (secondary N) is 1. The van der Waals surface area contributed by atoms with E-state index in [0.717, 1.165) is 5.56 Å². The highest BCUT2D eigenvalue weighted by Gasteiger charge is 2.22. The summed E-state index contributed by atoms with van der Waals surface area (Å²) in [6.07, 6.45) is 0. The maximum Gasteiger partial charge on any atom is 0.262 e. The Kier molecular flexibility index (Phi) is 8.61. The van der Waals surface area contributed by atoms with Gasteiger partial charge in [-0.1, -0.05) is 42.0 Å². The second kappa shape index (κ2) is 12.1. The molecule has 9 heteroatoms. The summed E-state index contributed by atoms with van der Waals surface area (Å²) in [6.45, 7) is 4.82. The van der Waals surface area contributed by atoms with E-state index < -0.39 is 0 Å². The average molecular weight is 528 g/mol. The molecule has 1 saturated heterocycles. The molecule has 1 amide bonds. The Bertz CT molecular complexity index is 1230. The maximum absolute atomic E-state index is 14.2. The highest BCUT2D eigenvalue weighted by molar-refractivity contribution is 7.80. The molecule has 0 aromatic heterocycles. The third-order valence-electron chi connectivity index (χ3n) is 5.72. The van der Waals surface area contributed by atoms with Gasteiger partial charge in [-0.25, -0.2) is 4.39 Å². The zero-order valence-corrected chi connectivity index (χ0v) is 21.4. The van der Waals surface area contributed by atoms with E-state index in [2.05, 4.69) is 10.2 Å².